The van der Waals surface area contributed by atoms with E-state index in [1.54, 1.807) is 0 Å². The minimum atomic E-state index is -0.259. The van der Waals surface area contributed by atoms with Crippen molar-refractivity contribution in [2.24, 2.45) is 5.41 Å². The summed E-state index contributed by atoms with van der Waals surface area (Å²) in [6.07, 6.45) is 1.31. The van der Waals surface area contributed by atoms with Gasteiger partial charge in [0.2, 0.25) is 0 Å². The van der Waals surface area contributed by atoms with Crippen LogP contribution in [0.2, 0.25) is 0 Å². The number of hydrogen-bond donors (Lipinski definition) is 3. The predicted octanol–water partition coefficient (Wildman–Crippen LogP) is 4.77. The third kappa shape index (κ3) is 3.51. The number of carbonyl (C=O) groups excluding carboxylic acids is 1. The quantitative estimate of drug-likeness (QED) is 0.614. The number of benzene rings is 1. The topological polar surface area (TPSA) is 87.0 Å². The molecule has 4 N–H and O–H groups in total. The maximum Gasteiger partial charge on any atom is 0.200 e. The van der Waals surface area contributed by atoms with Crippen molar-refractivity contribution in [1.82, 2.24) is 9.97 Å². The van der Waals surface area contributed by atoms with Gasteiger partial charge >= 0.3 is 0 Å². The number of carbonyl (C=O) groups is 1. The number of H-pyrrole nitrogens is 1. The summed E-state index contributed by atoms with van der Waals surface area (Å²) in [5.41, 5.74) is 11.0. The third-order valence-corrected chi connectivity index (χ3v) is 6.32. The van der Waals surface area contributed by atoms with Gasteiger partial charge in [0.15, 0.2) is 10.6 Å². The van der Waals surface area contributed by atoms with E-state index in [1.807, 2.05) is 0 Å². The Bertz CT molecular complexity index is 1080. The van der Waals surface area contributed by atoms with Crippen molar-refractivity contribution >= 4 is 35.3 Å². The largest absolute Gasteiger partial charge is 0.385 e. The van der Waals surface area contributed by atoms with E-state index < -0.39 is 0 Å². The van der Waals surface area contributed by atoms with Crippen LogP contribution in [0, 0.1) is 10.2 Å². The summed E-state index contributed by atoms with van der Waals surface area (Å²) in [7, 11) is 0. The highest BCUT2D eigenvalue weighted by Gasteiger charge is 2.42. The first-order valence-electron chi connectivity index (χ1n) is 10.5. The molecule has 2 heterocycles. The van der Waals surface area contributed by atoms with Crippen LogP contribution in [0.5, 0.6) is 0 Å². The standard InChI is InChI=1S/C23H29N5OS/c1-5-28(6-2)14-9-7-13(8-10-14)17-18-15(11-23(3,4)12-16(18)29)25-21-19(17)20(24)26-22(30)27-21/h7-10,17H,5-6,11-12H2,1-4H3,(H4,24,25,26,27,30). The fourth-order valence-electron chi connectivity index (χ4n) is 4.76. The van der Waals surface area contributed by atoms with Crippen LogP contribution in [-0.2, 0) is 4.79 Å². The number of aromatic nitrogens is 2. The summed E-state index contributed by atoms with van der Waals surface area (Å²) < 4.78 is 0.333. The van der Waals surface area contributed by atoms with E-state index in [0.29, 0.717) is 22.8 Å². The minimum Gasteiger partial charge on any atom is -0.385 e. The Morgan fingerprint density at radius 3 is 2.50 bits per heavy atom. The molecule has 2 aromatic rings. The average Bonchev–Trinajstić information content (AvgIpc) is 2.66. The average molecular weight is 424 g/mol. The second kappa shape index (κ2) is 7.54. The van der Waals surface area contributed by atoms with Crippen molar-refractivity contribution < 1.29 is 4.79 Å². The Morgan fingerprint density at radius 1 is 1.20 bits per heavy atom. The number of anilines is 3. The van der Waals surface area contributed by atoms with Gasteiger partial charge in [-0.1, -0.05) is 26.0 Å². The zero-order valence-electron chi connectivity index (χ0n) is 18.0. The number of nitrogens with zero attached hydrogens (tertiary/aromatic N) is 2. The van der Waals surface area contributed by atoms with Crippen LogP contribution >= 0.6 is 12.2 Å². The van der Waals surface area contributed by atoms with Gasteiger partial charge < -0.3 is 20.9 Å². The number of aromatic amines is 1. The number of nitrogens with one attached hydrogen (secondary N) is 2. The zero-order chi connectivity index (χ0) is 21.6. The van der Waals surface area contributed by atoms with E-state index in [-0.39, 0.29) is 17.1 Å². The highest BCUT2D eigenvalue weighted by molar-refractivity contribution is 7.71. The Labute approximate surface area is 182 Å². The lowest BCUT2D eigenvalue weighted by molar-refractivity contribution is -0.118. The van der Waals surface area contributed by atoms with E-state index in [4.69, 9.17) is 18.0 Å². The Balaban J connectivity index is 1.89. The van der Waals surface area contributed by atoms with Gasteiger partial charge in [-0.25, -0.2) is 4.98 Å². The van der Waals surface area contributed by atoms with Gasteiger partial charge in [-0.05, 0) is 55.6 Å². The van der Waals surface area contributed by atoms with Gasteiger partial charge in [-0.15, -0.1) is 0 Å². The van der Waals surface area contributed by atoms with Gasteiger partial charge in [0.05, 0.1) is 0 Å². The highest BCUT2D eigenvalue weighted by atomic mass is 32.1. The first-order chi connectivity index (χ1) is 14.2. The van der Waals surface area contributed by atoms with Gasteiger partial charge in [-0.3, -0.25) is 4.79 Å². The van der Waals surface area contributed by atoms with E-state index in [0.717, 1.165) is 41.9 Å². The van der Waals surface area contributed by atoms with Gasteiger partial charge in [0.1, 0.15) is 11.6 Å². The summed E-state index contributed by atoms with van der Waals surface area (Å²) in [5, 5.41) is 3.39. The normalized spacial score (nSPS) is 19.7. The van der Waals surface area contributed by atoms with Crippen LogP contribution in [0.25, 0.3) is 0 Å². The summed E-state index contributed by atoms with van der Waals surface area (Å²) in [6, 6.07) is 8.45. The van der Waals surface area contributed by atoms with E-state index in [9.17, 15) is 4.79 Å². The van der Waals surface area contributed by atoms with Gasteiger partial charge in [0, 0.05) is 47.9 Å². The molecule has 2 aliphatic rings. The van der Waals surface area contributed by atoms with Crippen molar-refractivity contribution in [3.8, 4) is 0 Å². The molecule has 1 aliphatic carbocycles. The number of nitrogens with two attached hydrogens (primary N) is 1. The number of Topliss-reactive ketones (excluding diaryl/α,β-unsaturated/α-hetero) is 1. The number of nitrogen functional groups attached to an aromatic ring is 1. The molecule has 0 amide bonds. The SMILES string of the molecule is CCN(CC)c1ccc(C2C3=C(CC(C)(C)CC3=O)Nc3nc(=S)[nH]c(N)c32)cc1. The number of fused-ring (bicyclic) bond motifs is 1. The zero-order valence-corrected chi connectivity index (χ0v) is 18.8. The molecule has 4 rings (SSSR count). The second-order valence-corrected chi connectivity index (χ2v) is 9.26. The monoisotopic (exact) mass is 423 g/mol. The van der Waals surface area contributed by atoms with Crippen molar-refractivity contribution in [2.75, 3.05) is 29.0 Å². The van der Waals surface area contributed by atoms with Crippen LogP contribution < -0.4 is 16.0 Å². The highest BCUT2D eigenvalue weighted by Crippen LogP contribution is 2.49. The number of allylic oxidation sites excluding steroid dienone is 2. The third-order valence-electron chi connectivity index (χ3n) is 6.12. The fourth-order valence-corrected chi connectivity index (χ4v) is 4.96. The lowest BCUT2D eigenvalue weighted by Gasteiger charge is -2.39. The van der Waals surface area contributed by atoms with Crippen LogP contribution in [0.4, 0.5) is 17.3 Å². The lowest BCUT2D eigenvalue weighted by Crippen LogP contribution is -2.34. The first kappa shape index (κ1) is 20.6. The maximum atomic E-state index is 13.3. The molecular formula is C23H29N5OS. The molecule has 1 aromatic heterocycles. The molecule has 0 bridgehead atoms. The smallest absolute Gasteiger partial charge is 0.200 e. The van der Waals surface area contributed by atoms with Crippen LogP contribution in [0.3, 0.4) is 0 Å². The number of hydrogen-bond acceptors (Lipinski definition) is 6. The molecule has 158 valence electrons. The fraction of sp³-hybridized carbons (Fsp3) is 0.435. The van der Waals surface area contributed by atoms with Crippen molar-refractivity contribution in [3.05, 3.63) is 51.4 Å². The van der Waals surface area contributed by atoms with Gasteiger partial charge in [-0.2, -0.15) is 0 Å². The second-order valence-electron chi connectivity index (χ2n) is 8.87. The predicted molar refractivity (Wildman–Crippen MR) is 124 cm³/mol. The minimum absolute atomic E-state index is 0.0964. The first-order valence-corrected chi connectivity index (χ1v) is 10.9. The van der Waals surface area contributed by atoms with E-state index in [1.165, 1.54) is 5.69 Å². The molecular weight excluding hydrogens is 394 g/mol. The van der Waals surface area contributed by atoms with Crippen molar-refractivity contribution in [3.63, 3.8) is 0 Å². The number of rotatable bonds is 4. The van der Waals surface area contributed by atoms with Crippen molar-refractivity contribution in [1.29, 1.82) is 0 Å². The van der Waals surface area contributed by atoms with Gasteiger partial charge in [0.25, 0.3) is 0 Å². The molecule has 0 spiro atoms. The van der Waals surface area contributed by atoms with Crippen LogP contribution in [-0.4, -0.2) is 28.8 Å². The number of ketones is 1. The molecule has 0 saturated carbocycles. The van der Waals surface area contributed by atoms with E-state index in [2.05, 4.69) is 72.1 Å². The molecule has 0 radical (unpaired) electrons. The molecule has 1 unspecified atom stereocenters. The van der Waals surface area contributed by atoms with Crippen LogP contribution in [0.1, 0.15) is 57.6 Å². The summed E-state index contributed by atoms with van der Waals surface area (Å²) in [4.78, 5) is 23.1. The molecule has 6 nitrogen and oxygen atoms in total. The Morgan fingerprint density at radius 2 is 1.87 bits per heavy atom. The summed E-state index contributed by atoms with van der Waals surface area (Å²) in [5.74, 6) is 1.02. The van der Waals surface area contributed by atoms with Crippen molar-refractivity contribution in [2.45, 2.75) is 46.5 Å². The molecule has 30 heavy (non-hydrogen) atoms. The summed E-state index contributed by atoms with van der Waals surface area (Å²) >= 11 is 5.25. The molecule has 7 heteroatoms. The Hall–Kier alpha value is -2.67. The van der Waals surface area contributed by atoms with Crippen LogP contribution in [0.15, 0.2) is 35.5 Å². The molecule has 1 aliphatic heterocycles. The molecule has 1 aromatic carbocycles. The summed E-state index contributed by atoms with van der Waals surface area (Å²) in [6.45, 7) is 10.4. The molecule has 0 saturated heterocycles. The lowest BCUT2D eigenvalue weighted by atomic mass is 9.69. The molecule has 0 fully saturated rings. The maximum absolute atomic E-state index is 13.3. The molecule has 1 atom stereocenters. The Kier molecular flexibility index (Phi) is 5.18. The van der Waals surface area contributed by atoms with E-state index >= 15 is 0 Å².